The van der Waals surface area contributed by atoms with Gasteiger partial charge in [-0.15, -0.1) is 0 Å². The number of amides is 1. The lowest BCUT2D eigenvalue weighted by atomic mass is 10.1. The summed E-state index contributed by atoms with van der Waals surface area (Å²) in [5, 5.41) is 0. The van der Waals surface area contributed by atoms with Crippen LogP contribution in [0.4, 0.5) is 0 Å². The highest BCUT2D eigenvalue weighted by Crippen LogP contribution is 2.35. The van der Waals surface area contributed by atoms with E-state index in [-0.39, 0.29) is 18.1 Å². The van der Waals surface area contributed by atoms with Crippen LogP contribution in [0.5, 0.6) is 5.75 Å². The van der Waals surface area contributed by atoms with Crippen LogP contribution in [0, 0.1) is 0 Å². The lowest BCUT2D eigenvalue weighted by Crippen LogP contribution is -2.34. The molecule has 21 heavy (non-hydrogen) atoms. The van der Waals surface area contributed by atoms with Gasteiger partial charge in [0, 0.05) is 12.5 Å². The molecule has 0 N–H and O–H groups in total. The van der Waals surface area contributed by atoms with Crippen molar-refractivity contribution in [2.75, 3.05) is 0 Å². The van der Waals surface area contributed by atoms with Gasteiger partial charge in [-0.1, -0.05) is 30.0 Å². The average molecular weight is 319 g/mol. The van der Waals surface area contributed by atoms with E-state index in [9.17, 15) is 4.79 Å². The third kappa shape index (κ3) is 2.72. The average Bonchev–Trinajstić information content (AvgIpc) is 2.88. The second kappa shape index (κ2) is 5.46. The fourth-order valence-electron chi connectivity index (χ4n) is 2.61. The molecule has 1 saturated heterocycles. The van der Waals surface area contributed by atoms with E-state index >= 15 is 0 Å². The largest absolute Gasteiger partial charge is 0.490 e. The molecule has 0 saturated carbocycles. The van der Waals surface area contributed by atoms with Crippen LogP contribution in [-0.4, -0.2) is 27.3 Å². The van der Waals surface area contributed by atoms with Crippen molar-refractivity contribution in [1.82, 2.24) is 4.90 Å². The molecule has 2 heterocycles. The number of thiocarbonyl (C=S) groups is 1. The van der Waals surface area contributed by atoms with Crippen molar-refractivity contribution in [3.63, 3.8) is 0 Å². The number of ether oxygens (including phenoxy) is 1. The zero-order chi connectivity index (χ0) is 15.1. The Kier molecular flexibility index (Phi) is 3.80. The summed E-state index contributed by atoms with van der Waals surface area (Å²) in [6.07, 6.45) is 3.07. The van der Waals surface area contributed by atoms with E-state index in [0.29, 0.717) is 9.23 Å². The lowest BCUT2D eigenvalue weighted by molar-refractivity contribution is -0.123. The molecule has 1 aromatic carbocycles. The second-order valence-corrected chi connectivity index (χ2v) is 7.32. The fourth-order valence-corrected chi connectivity index (χ4v) is 4.13. The first-order valence-corrected chi connectivity index (χ1v) is 8.25. The number of hydrogen-bond donors (Lipinski definition) is 0. The Labute approximate surface area is 134 Å². The van der Waals surface area contributed by atoms with Crippen LogP contribution in [0.25, 0.3) is 6.08 Å². The smallest absolute Gasteiger partial charge is 0.266 e. The predicted molar refractivity (Wildman–Crippen MR) is 90.4 cm³/mol. The van der Waals surface area contributed by atoms with Gasteiger partial charge in [-0.3, -0.25) is 9.69 Å². The first-order valence-electron chi connectivity index (χ1n) is 7.02. The summed E-state index contributed by atoms with van der Waals surface area (Å²) in [5.74, 6) is 0.958. The van der Waals surface area contributed by atoms with E-state index in [1.807, 2.05) is 32.1 Å². The number of carbonyl (C=O) groups is 1. The molecule has 1 atom stereocenters. The van der Waals surface area contributed by atoms with Crippen molar-refractivity contribution < 1.29 is 9.53 Å². The SMILES string of the molecule is CC(C)N1C(=O)/C(=C/c2ccc3c(c2)C[C@H](C)O3)SC1=S. The molecule has 2 aliphatic rings. The van der Waals surface area contributed by atoms with Crippen LogP contribution in [-0.2, 0) is 11.2 Å². The number of hydrogen-bond acceptors (Lipinski definition) is 4. The van der Waals surface area contributed by atoms with Gasteiger partial charge in [-0.25, -0.2) is 0 Å². The van der Waals surface area contributed by atoms with Crippen molar-refractivity contribution >= 4 is 40.3 Å². The minimum Gasteiger partial charge on any atom is -0.490 e. The van der Waals surface area contributed by atoms with Crippen molar-refractivity contribution in [3.8, 4) is 5.75 Å². The highest BCUT2D eigenvalue weighted by atomic mass is 32.2. The van der Waals surface area contributed by atoms with E-state index in [1.165, 1.54) is 17.3 Å². The Morgan fingerprint density at radius 2 is 2.24 bits per heavy atom. The number of fused-ring (bicyclic) bond motifs is 1. The van der Waals surface area contributed by atoms with Crippen molar-refractivity contribution in [2.45, 2.75) is 39.3 Å². The summed E-state index contributed by atoms with van der Waals surface area (Å²) < 4.78 is 6.33. The summed E-state index contributed by atoms with van der Waals surface area (Å²) >= 11 is 6.67. The molecule has 1 fully saturated rings. The molecule has 1 amide bonds. The standard InChI is InChI=1S/C16H17NO2S2/c1-9(2)17-15(18)14(21-16(17)20)8-11-4-5-13-12(7-11)6-10(3)19-13/h4-5,7-10H,6H2,1-3H3/b14-8-/t10-/m0/s1. The molecular weight excluding hydrogens is 302 g/mol. The molecule has 1 aromatic rings. The Hall–Kier alpha value is -1.33. The number of benzene rings is 1. The molecule has 5 heteroatoms. The number of carbonyl (C=O) groups excluding carboxylic acids is 1. The van der Waals surface area contributed by atoms with Gasteiger partial charge in [0.05, 0.1) is 4.91 Å². The molecule has 3 rings (SSSR count). The van der Waals surface area contributed by atoms with Crippen molar-refractivity contribution in [1.29, 1.82) is 0 Å². The third-order valence-electron chi connectivity index (χ3n) is 3.56. The van der Waals surface area contributed by atoms with Gasteiger partial charge < -0.3 is 4.74 Å². The van der Waals surface area contributed by atoms with Crippen LogP contribution < -0.4 is 4.74 Å². The fraction of sp³-hybridized carbons (Fsp3) is 0.375. The monoisotopic (exact) mass is 319 g/mol. The molecule has 110 valence electrons. The first-order chi connectivity index (χ1) is 9.95. The molecule has 0 unspecified atom stereocenters. The van der Waals surface area contributed by atoms with Gasteiger partial charge in [0.1, 0.15) is 16.2 Å². The maximum atomic E-state index is 12.4. The molecule has 0 aliphatic carbocycles. The number of nitrogens with zero attached hydrogens (tertiary/aromatic N) is 1. The summed E-state index contributed by atoms with van der Waals surface area (Å²) in [4.78, 5) is 14.7. The Bertz CT molecular complexity index is 652. The highest BCUT2D eigenvalue weighted by molar-refractivity contribution is 8.26. The van der Waals surface area contributed by atoms with E-state index in [4.69, 9.17) is 17.0 Å². The van der Waals surface area contributed by atoms with E-state index in [2.05, 4.69) is 13.0 Å². The Balaban J connectivity index is 1.88. The molecule has 3 nitrogen and oxygen atoms in total. The zero-order valence-electron chi connectivity index (χ0n) is 12.3. The minimum atomic E-state index is 0.00474. The lowest BCUT2D eigenvalue weighted by Gasteiger charge is -2.18. The molecular formula is C16H17NO2S2. The first kappa shape index (κ1) is 14.6. The van der Waals surface area contributed by atoms with Gasteiger partial charge >= 0.3 is 0 Å². The number of rotatable bonds is 2. The highest BCUT2D eigenvalue weighted by Gasteiger charge is 2.33. The summed E-state index contributed by atoms with van der Waals surface area (Å²) in [7, 11) is 0. The molecule has 0 spiro atoms. The Morgan fingerprint density at radius 3 is 2.90 bits per heavy atom. The van der Waals surface area contributed by atoms with Gasteiger partial charge in [0.2, 0.25) is 0 Å². The molecule has 2 aliphatic heterocycles. The van der Waals surface area contributed by atoms with Gasteiger partial charge in [-0.05, 0) is 50.1 Å². The molecule has 0 bridgehead atoms. The van der Waals surface area contributed by atoms with Crippen LogP contribution in [0.2, 0.25) is 0 Å². The van der Waals surface area contributed by atoms with E-state index < -0.39 is 0 Å². The summed E-state index contributed by atoms with van der Waals surface area (Å²) in [6, 6.07) is 6.16. The topological polar surface area (TPSA) is 29.5 Å². The minimum absolute atomic E-state index is 0.00474. The predicted octanol–water partition coefficient (Wildman–Crippen LogP) is 3.62. The normalized spacial score (nSPS) is 23.1. The van der Waals surface area contributed by atoms with E-state index in [0.717, 1.165) is 17.7 Å². The van der Waals surface area contributed by atoms with E-state index in [1.54, 1.807) is 4.90 Å². The molecule has 0 aromatic heterocycles. The summed E-state index contributed by atoms with van der Waals surface area (Å²) in [6.45, 7) is 6.01. The maximum absolute atomic E-state index is 12.4. The van der Waals surface area contributed by atoms with Crippen LogP contribution in [0.15, 0.2) is 23.1 Å². The number of thioether (sulfide) groups is 1. The van der Waals surface area contributed by atoms with Crippen LogP contribution in [0.3, 0.4) is 0 Å². The van der Waals surface area contributed by atoms with Gasteiger partial charge in [-0.2, -0.15) is 0 Å². The second-order valence-electron chi connectivity index (χ2n) is 5.65. The van der Waals surface area contributed by atoms with Crippen LogP contribution in [0.1, 0.15) is 31.9 Å². The summed E-state index contributed by atoms with van der Waals surface area (Å²) in [5.41, 5.74) is 2.23. The van der Waals surface area contributed by atoms with Gasteiger partial charge in [0.25, 0.3) is 5.91 Å². The molecule has 0 radical (unpaired) electrons. The van der Waals surface area contributed by atoms with Gasteiger partial charge in [0.15, 0.2) is 0 Å². The zero-order valence-corrected chi connectivity index (χ0v) is 13.9. The quantitative estimate of drug-likeness (QED) is 0.615. The van der Waals surface area contributed by atoms with Crippen LogP contribution >= 0.6 is 24.0 Å². The maximum Gasteiger partial charge on any atom is 0.266 e. The Morgan fingerprint density at radius 1 is 1.48 bits per heavy atom. The third-order valence-corrected chi connectivity index (χ3v) is 4.89. The van der Waals surface area contributed by atoms with Crippen molar-refractivity contribution in [3.05, 3.63) is 34.2 Å². The van der Waals surface area contributed by atoms with Crippen molar-refractivity contribution in [2.24, 2.45) is 0 Å².